The molecular formula is C115H208O6P-3. The SMILES string of the molecule is CCCCCCCCCCCCCC(CCCCCCCCCCCCC)C(CCCCCCCCCCCCC)(c1cc(C(C)(C)C)c(O)cc1C)C(CCCCCCCCCCCCC)(CCCCCCCCCCCCC)C(CCCCCCCCCCCCC)(c1cc(C(C)(C)C)c(O)cc1C)c1cc(C(C)(C)C)c(O)cc1C.[O-]P([O-])[O-]. The second-order valence-electron chi connectivity index (χ2n) is 43.0. The van der Waals surface area contributed by atoms with E-state index in [9.17, 15) is 15.3 Å². The minimum atomic E-state index is -3.37. The van der Waals surface area contributed by atoms with Gasteiger partial charge in [0.25, 0.3) is 0 Å². The molecule has 0 saturated carbocycles. The zero-order chi connectivity index (χ0) is 90.2. The monoisotopic (exact) mass is 1720 g/mol. The fraction of sp³-hybridized carbons (Fsp3) is 0.843. The van der Waals surface area contributed by atoms with Crippen LogP contribution in [0.3, 0.4) is 0 Å². The summed E-state index contributed by atoms with van der Waals surface area (Å²) in [5, 5.41) is 39.1. The Labute approximate surface area is 762 Å². The van der Waals surface area contributed by atoms with Crippen LogP contribution in [0.2, 0.25) is 0 Å². The summed E-state index contributed by atoms with van der Waals surface area (Å²) in [7, 11) is -3.37. The highest BCUT2D eigenvalue weighted by Crippen LogP contribution is 2.71. The smallest absolute Gasteiger partial charge is 0.119 e. The molecule has 3 aromatic rings. The quantitative estimate of drug-likeness (QED) is 0.0381. The van der Waals surface area contributed by atoms with Crippen LogP contribution in [0.5, 0.6) is 17.2 Å². The van der Waals surface area contributed by atoms with Crippen LogP contribution < -0.4 is 14.7 Å². The Morgan fingerprint density at radius 2 is 0.402 bits per heavy atom. The molecule has 0 fully saturated rings. The van der Waals surface area contributed by atoms with Crippen molar-refractivity contribution in [2.75, 3.05) is 0 Å². The Morgan fingerprint density at radius 3 is 0.615 bits per heavy atom. The van der Waals surface area contributed by atoms with Crippen LogP contribution in [-0.4, -0.2) is 15.3 Å². The first-order chi connectivity index (χ1) is 58.6. The zero-order valence-electron chi connectivity index (χ0n) is 85.0. The summed E-state index contributed by atoms with van der Waals surface area (Å²) in [5.74, 6) is 1.74. The number of phenols is 3. The molecule has 0 radical (unpaired) electrons. The van der Waals surface area contributed by atoms with E-state index in [0.29, 0.717) is 23.2 Å². The normalized spacial score (nSPS) is 13.0. The van der Waals surface area contributed by atoms with Crippen LogP contribution in [0.15, 0.2) is 36.4 Å². The molecule has 3 rings (SSSR count). The van der Waals surface area contributed by atoms with Crippen LogP contribution in [0.4, 0.5) is 0 Å². The van der Waals surface area contributed by atoms with E-state index in [0.717, 1.165) is 48.8 Å². The summed E-state index contributed by atoms with van der Waals surface area (Å²) in [5.41, 5.74) is 9.31. The van der Waals surface area contributed by atoms with Gasteiger partial charge in [-0.3, -0.25) is 0 Å². The van der Waals surface area contributed by atoms with E-state index in [2.05, 4.69) is 161 Å². The molecule has 0 aromatic heterocycles. The number of hydrogen-bond acceptors (Lipinski definition) is 6. The maximum absolute atomic E-state index is 13.1. The van der Waals surface area contributed by atoms with Gasteiger partial charge in [-0.1, -0.05) is 546 Å². The summed E-state index contributed by atoms with van der Waals surface area (Å²) in [6.45, 7) is 43.0. The molecule has 712 valence electrons. The minimum Gasteiger partial charge on any atom is -0.854 e. The lowest BCUT2D eigenvalue weighted by Gasteiger charge is -2.66. The first kappa shape index (κ1) is 115. The molecule has 0 spiro atoms. The molecule has 0 heterocycles. The lowest BCUT2D eigenvalue weighted by atomic mass is 9.37. The van der Waals surface area contributed by atoms with E-state index in [-0.39, 0.29) is 27.1 Å². The number of hydrogen-bond donors (Lipinski definition) is 3. The minimum absolute atomic E-state index is 0.304. The van der Waals surface area contributed by atoms with Crippen LogP contribution in [0.25, 0.3) is 0 Å². The third-order valence-corrected chi connectivity index (χ3v) is 29.3. The maximum atomic E-state index is 13.1. The lowest BCUT2D eigenvalue weighted by Crippen LogP contribution is -2.63. The van der Waals surface area contributed by atoms with Gasteiger partial charge in [0.2, 0.25) is 0 Å². The first-order valence-electron chi connectivity index (χ1n) is 53.9. The highest BCUT2D eigenvalue weighted by atomic mass is 31.2. The zero-order valence-corrected chi connectivity index (χ0v) is 85.9. The second-order valence-corrected chi connectivity index (χ2v) is 43.4. The fourth-order valence-electron chi connectivity index (χ4n) is 22.3. The van der Waals surface area contributed by atoms with E-state index in [1.807, 2.05) is 0 Å². The number of benzene rings is 3. The van der Waals surface area contributed by atoms with Gasteiger partial charge in [-0.15, -0.1) is 0 Å². The van der Waals surface area contributed by atoms with E-state index in [4.69, 9.17) is 14.7 Å². The molecule has 0 amide bonds. The molecule has 3 aromatic carbocycles. The van der Waals surface area contributed by atoms with Gasteiger partial charge in [-0.05, 0) is 155 Å². The number of rotatable bonds is 78. The molecule has 0 bridgehead atoms. The Hall–Kier alpha value is -2.63. The third kappa shape index (κ3) is 45.3. The predicted molar refractivity (Wildman–Crippen MR) is 536 cm³/mol. The van der Waals surface area contributed by atoms with Crippen molar-refractivity contribution in [2.45, 2.75) is 614 Å². The topological polar surface area (TPSA) is 130 Å². The molecule has 122 heavy (non-hydrogen) atoms. The van der Waals surface area contributed by atoms with Gasteiger partial charge in [-0.2, -0.15) is 0 Å². The molecule has 0 aliphatic carbocycles. The average Bonchev–Trinajstić information content (AvgIpc) is 0.674. The Bertz CT molecular complexity index is 2830. The summed E-state index contributed by atoms with van der Waals surface area (Å²) >= 11 is 0. The predicted octanol–water partition coefficient (Wildman–Crippen LogP) is 36.9. The van der Waals surface area contributed by atoms with Gasteiger partial charge < -0.3 is 38.6 Å². The highest BCUT2D eigenvalue weighted by molar-refractivity contribution is 7.33. The van der Waals surface area contributed by atoms with Gasteiger partial charge >= 0.3 is 0 Å². The standard InChI is InChI=1S/C115H208O3.O3P/c1-19-25-31-37-43-49-55-61-67-73-79-85-100(86-80-74-68-62-56-50-44-38-32-26-20-2)114(89-83-77-71-65-59-53-47-41-35-29-23-5,101-94-104(110(10,11)12)107(116)91-97(101)7)113(87-81-75-69-63-57-51-45-39-33-27-21-3,88-82-76-70-64-58-52-46-40-34-28-22-4)115(90-84-78-72-66-60-54-48-42-36-30-24-6,102-95-105(111(13,14)15)108(117)92-98(102)8)103-96-106(112(16,17)18)109(118)93-99(103)9;1-4(2)3/h91-96,100,116-118H,19-90H2,1-18H3;/q;-3. The van der Waals surface area contributed by atoms with Gasteiger partial charge in [-0.25, -0.2) is 0 Å². The third-order valence-electron chi connectivity index (χ3n) is 29.3. The van der Waals surface area contributed by atoms with Crippen LogP contribution >= 0.6 is 8.60 Å². The van der Waals surface area contributed by atoms with Crippen LogP contribution in [-0.2, 0) is 27.1 Å². The molecule has 3 N–H and O–H groups in total. The van der Waals surface area contributed by atoms with E-state index < -0.39 is 14.0 Å². The Morgan fingerprint density at radius 1 is 0.230 bits per heavy atom. The molecule has 0 saturated heterocycles. The summed E-state index contributed by atoms with van der Waals surface area (Å²) in [6.07, 6.45) is 94.6. The van der Waals surface area contributed by atoms with E-state index >= 15 is 0 Å². The van der Waals surface area contributed by atoms with Crippen molar-refractivity contribution in [1.82, 2.24) is 0 Å². The Kier molecular flexibility index (Phi) is 65.6. The summed E-state index contributed by atoms with van der Waals surface area (Å²) in [6, 6.07) is 15.0. The molecule has 1 unspecified atom stereocenters. The van der Waals surface area contributed by atoms with E-state index in [1.165, 1.54) is 458 Å². The van der Waals surface area contributed by atoms with Crippen molar-refractivity contribution >= 4 is 8.60 Å². The van der Waals surface area contributed by atoms with Crippen molar-refractivity contribution in [3.05, 3.63) is 86.5 Å². The van der Waals surface area contributed by atoms with Crippen LogP contribution in [0.1, 0.15) is 616 Å². The van der Waals surface area contributed by atoms with Gasteiger partial charge in [0, 0.05) is 10.8 Å². The second kappa shape index (κ2) is 69.3. The lowest BCUT2D eigenvalue weighted by molar-refractivity contribution is -0.407. The fourth-order valence-corrected chi connectivity index (χ4v) is 22.3. The molecule has 0 aliphatic heterocycles. The highest BCUT2D eigenvalue weighted by Gasteiger charge is 2.66. The van der Waals surface area contributed by atoms with Crippen LogP contribution in [0, 0.1) is 32.1 Å². The van der Waals surface area contributed by atoms with Crippen molar-refractivity contribution in [1.29, 1.82) is 0 Å². The molecule has 7 heteroatoms. The molecule has 0 aliphatic rings. The van der Waals surface area contributed by atoms with Gasteiger partial charge in [0.15, 0.2) is 0 Å². The van der Waals surface area contributed by atoms with Crippen molar-refractivity contribution in [3.8, 4) is 17.2 Å². The van der Waals surface area contributed by atoms with Crippen molar-refractivity contribution in [3.63, 3.8) is 0 Å². The number of aromatic hydroxyl groups is 3. The Balaban J connectivity index is 0.0000123. The maximum Gasteiger partial charge on any atom is 0.119 e. The molecule has 1 atom stereocenters. The molecule has 6 nitrogen and oxygen atoms in total. The van der Waals surface area contributed by atoms with Gasteiger partial charge in [0.1, 0.15) is 17.2 Å². The molecular weight excluding hydrogens is 1510 g/mol. The number of unbranched alkanes of at least 4 members (excludes halogenated alkanes) is 60. The number of phenolic OH excluding ortho intramolecular Hbond substituents is 3. The first-order valence-corrected chi connectivity index (χ1v) is 55.0. The largest absolute Gasteiger partial charge is 0.854 e. The van der Waals surface area contributed by atoms with Gasteiger partial charge in [0.05, 0.1) is 0 Å². The van der Waals surface area contributed by atoms with Crippen molar-refractivity contribution in [2.24, 2.45) is 11.3 Å². The van der Waals surface area contributed by atoms with Crippen molar-refractivity contribution < 1.29 is 30.0 Å². The average molecular weight is 1720 g/mol. The summed E-state index contributed by atoms with van der Waals surface area (Å²) < 4.78 is 0. The summed E-state index contributed by atoms with van der Waals surface area (Å²) in [4.78, 5) is 25.4. The number of aryl methyl sites for hydroxylation is 3. The van der Waals surface area contributed by atoms with E-state index in [1.54, 1.807) is 5.56 Å².